The van der Waals surface area contributed by atoms with Gasteiger partial charge in [-0.3, -0.25) is 24.0 Å². The second kappa shape index (κ2) is 14.4. The number of rotatable bonds is 8. The molecular weight excluding hydrogens is 654 g/mol. The molecule has 260 valence electrons. The average Bonchev–Trinajstić information content (AvgIpc) is 3.56. The van der Waals surface area contributed by atoms with E-state index >= 15 is 0 Å². The van der Waals surface area contributed by atoms with E-state index in [2.05, 4.69) is 63.2 Å². The predicted molar refractivity (Wildman–Crippen MR) is 195 cm³/mol. The Morgan fingerprint density at radius 2 is 1.72 bits per heavy atom. The smallest absolute Gasteiger partial charge is 0.337 e. The maximum atomic E-state index is 14.5. The number of hydrogen-bond acceptors (Lipinski definition) is 8. The summed E-state index contributed by atoms with van der Waals surface area (Å²) in [7, 11) is 0. The third-order valence-electron chi connectivity index (χ3n) is 10.1. The molecule has 2 fully saturated rings. The highest BCUT2D eigenvalue weighted by Crippen LogP contribution is 2.29. The molecule has 1 aliphatic heterocycles. The number of halogens is 1. The van der Waals surface area contributed by atoms with Crippen LogP contribution in [0.5, 0.6) is 0 Å². The molecule has 0 bridgehead atoms. The first kappa shape index (κ1) is 34.0. The summed E-state index contributed by atoms with van der Waals surface area (Å²) >= 11 is 1.42. The minimum Gasteiger partial charge on any atom is -0.348 e. The molecule has 1 amide bonds. The second-order valence-corrected chi connectivity index (χ2v) is 14.8. The van der Waals surface area contributed by atoms with Crippen molar-refractivity contribution < 1.29 is 9.18 Å². The van der Waals surface area contributed by atoms with E-state index in [1.807, 2.05) is 31.2 Å². The first-order valence-corrected chi connectivity index (χ1v) is 18.2. The Morgan fingerprint density at radius 3 is 2.40 bits per heavy atom. The van der Waals surface area contributed by atoms with Crippen molar-refractivity contribution in [3.63, 3.8) is 0 Å². The third kappa shape index (κ3) is 7.05. The molecule has 3 aromatic heterocycles. The molecule has 10 nitrogen and oxygen atoms in total. The molecule has 0 unspecified atom stereocenters. The highest BCUT2D eigenvalue weighted by atomic mass is 32.1. The number of benzene rings is 2. The minimum absolute atomic E-state index is 0.0444. The molecule has 4 heterocycles. The Kier molecular flexibility index (Phi) is 9.76. The van der Waals surface area contributed by atoms with Gasteiger partial charge in [-0.2, -0.15) is 0 Å². The zero-order valence-electron chi connectivity index (χ0n) is 28.6. The number of fused-ring (bicyclic) bond motifs is 1. The lowest BCUT2D eigenvalue weighted by Gasteiger charge is -2.36. The number of aromatic nitrogens is 4. The van der Waals surface area contributed by atoms with Gasteiger partial charge in [0, 0.05) is 56.2 Å². The topological polar surface area (TPSA) is 105 Å². The molecule has 7 rings (SSSR count). The number of nitrogens with one attached hydrogen (secondary N) is 1. The van der Waals surface area contributed by atoms with Crippen LogP contribution >= 0.6 is 11.3 Å². The molecule has 0 atom stereocenters. The molecule has 1 saturated carbocycles. The van der Waals surface area contributed by atoms with Crippen molar-refractivity contribution in [3.05, 3.63) is 109 Å². The molecule has 1 aliphatic carbocycles. The van der Waals surface area contributed by atoms with Crippen molar-refractivity contribution in [3.8, 4) is 16.8 Å². The summed E-state index contributed by atoms with van der Waals surface area (Å²) in [5.74, 6) is -0.870. The molecule has 50 heavy (non-hydrogen) atoms. The van der Waals surface area contributed by atoms with Gasteiger partial charge >= 0.3 is 5.69 Å². The zero-order chi connectivity index (χ0) is 34.9. The third-order valence-corrected chi connectivity index (χ3v) is 10.8. The number of nitrogens with zero attached hydrogens (tertiary/aromatic N) is 6. The Bertz CT molecular complexity index is 2130. The summed E-state index contributed by atoms with van der Waals surface area (Å²) in [5.41, 5.74) is 3.12. The molecule has 12 heteroatoms. The molecular formula is C38H42FN7O3S. The number of thiazole rings is 1. The van der Waals surface area contributed by atoms with E-state index < -0.39 is 23.1 Å². The largest absolute Gasteiger partial charge is 0.348 e. The molecule has 2 aromatic carbocycles. The van der Waals surface area contributed by atoms with Crippen molar-refractivity contribution in [2.24, 2.45) is 0 Å². The Morgan fingerprint density at radius 1 is 0.980 bits per heavy atom. The molecule has 1 saturated heterocycles. The van der Waals surface area contributed by atoms with Crippen LogP contribution in [0.2, 0.25) is 0 Å². The van der Waals surface area contributed by atoms with Crippen molar-refractivity contribution >= 4 is 28.3 Å². The average molecular weight is 696 g/mol. The van der Waals surface area contributed by atoms with Gasteiger partial charge in [-0.15, -0.1) is 11.3 Å². The summed E-state index contributed by atoms with van der Waals surface area (Å²) in [6, 6.07) is 17.3. The van der Waals surface area contributed by atoms with Gasteiger partial charge in [0.1, 0.15) is 11.5 Å². The normalized spacial score (nSPS) is 18.9. The van der Waals surface area contributed by atoms with Gasteiger partial charge in [-0.25, -0.2) is 23.7 Å². The summed E-state index contributed by atoms with van der Waals surface area (Å²) < 4.78 is 17.2. The van der Waals surface area contributed by atoms with Crippen molar-refractivity contribution in [1.82, 2.24) is 34.2 Å². The molecule has 1 N–H and O–H groups in total. The van der Waals surface area contributed by atoms with E-state index in [9.17, 15) is 18.8 Å². The summed E-state index contributed by atoms with van der Waals surface area (Å²) in [4.78, 5) is 54.3. The van der Waals surface area contributed by atoms with E-state index in [1.165, 1.54) is 26.0 Å². The van der Waals surface area contributed by atoms with Gasteiger partial charge in [0.05, 0.1) is 22.3 Å². The fourth-order valence-corrected chi connectivity index (χ4v) is 7.86. The second-order valence-electron chi connectivity index (χ2n) is 13.7. The quantitative estimate of drug-likeness (QED) is 0.227. The maximum Gasteiger partial charge on any atom is 0.337 e. The standard InChI is InChI=1S/C38H42FN7O3S/c1-24(2)44-17-15-43(16-18-44)22-26-7-9-27(10-8-26)28-5-4-6-32(19-28)45-35-33(20-29(39)21-40-35)37(48)46(38(45)49)31-13-11-30(12-14-31)42-36(47)34-23-50-25(3)41-34/h4-10,19-21,23-24,30-31H,11-18,22H2,1-3H3,(H,42,47)/t30-,31+. The highest BCUT2D eigenvalue weighted by molar-refractivity contribution is 7.09. The van der Waals surface area contributed by atoms with Crippen LogP contribution in [-0.2, 0) is 6.54 Å². The Balaban J connectivity index is 1.14. The fourth-order valence-electron chi connectivity index (χ4n) is 7.27. The van der Waals surface area contributed by atoms with Crippen LogP contribution in [0, 0.1) is 12.7 Å². The number of carbonyl (C=O) groups excluding carboxylic acids is 1. The van der Waals surface area contributed by atoms with Crippen LogP contribution < -0.4 is 16.6 Å². The monoisotopic (exact) mass is 695 g/mol. The van der Waals surface area contributed by atoms with Crippen molar-refractivity contribution in [1.29, 1.82) is 0 Å². The Hall–Kier alpha value is -4.52. The maximum absolute atomic E-state index is 14.5. The predicted octanol–water partition coefficient (Wildman–Crippen LogP) is 5.56. The van der Waals surface area contributed by atoms with Crippen LogP contribution in [0.4, 0.5) is 4.39 Å². The van der Waals surface area contributed by atoms with Gasteiger partial charge in [0.25, 0.3) is 11.5 Å². The number of piperazine rings is 1. The lowest BCUT2D eigenvalue weighted by molar-refractivity contribution is 0.0917. The van der Waals surface area contributed by atoms with E-state index in [0.717, 1.165) is 61.1 Å². The van der Waals surface area contributed by atoms with Gasteiger partial charge in [0.15, 0.2) is 5.65 Å². The highest BCUT2D eigenvalue weighted by Gasteiger charge is 2.28. The summed E-state index contributed by atoms with van der Waals surface area (Å²) in [6.07, 6.45) is 3.22. The van der Waals surface area contributed by atoms with E-state index in [1.54, 1.807) is 5.38 Å². The SMILES string of the molecule is Cc1nc(C(=O)N[C@H]2CC[C@@H](n3c(=O)c4cc(F)cnc4n(-c4cccc(-c5ccc(CN6CCN(C(C)C)CC6)cc5)c4)c3=O)CC2)cs1. The summed E-state index contributed by atoms with van der Waals surface area (Å²) in [6.45, 7) is 11.5. The number of pyridine rings is 1. The van der Waals surface area contributed by atoms with Gasteiger partial charge in [0.2, 0.25) is 0 Å². The minimum atomic E-state index is -0.648. The first-order valence-electron chi connectivity index (χ1n) is 17.4. The fraction of sp³-hybridized carbons (Fsp3) is 0.395. The van der Waals surface area contributed by atoms with E-state index in [-0.39, 0.29) is 23.0 Å². The molecule has 0 radical (unpaired) electrons. The van der Waals surface area contributed by atoms with Crippen LogP contribution in [0.25, 0.3) is 27.8 Å². The van der Waals surface area contributed by atoms with Crippen LogP contribution in [0.3, 0.4) is 0 Å². The number of carbonyl (C=O) groups is 1. The van der Waals surface area contributed by atoms with Gasteiger partial charge in [-0.1, -0.05) is 36.4 Å². The Labute approximate surface area is 294 Å². The lowest BCUT2D eigenvalue weighted by Crippen LogP contribution is -2.48. The van der Waals surface area contributed by atoms with Gasteiger partial charge < -0.3 is 5.32 Å². The zero-order valence-corrected chi connectivity index (χ0v) is 29.5. The lowest BCUT2D eigenvalue weighted by atomic mass is 9.90. The number of amides is 1. The van der Waals surface area contributed by atoms with Crippen molar-refractivity contribution in [2.45, 2.75) is 71.1 Å². The molecule has 0 spiro atoms. The van der Waals surface area contributed by atoms with Crippen LogP contribution in [0.1, 0.15) is 66.6 Å². The summed E-state index contributed by atoms with van der Waals surface area (Å²) in [5, 5.41) is 5.65. The van der Waals surface area contributed by atoms with Crippen LogP contribution in [-0.4, -0.2) is 73.1 Å². The number of hydrogen-bond donors (Lipinski definition) is 1. The molecule has 2 aliphatic rings. The van der Waals surface area contributed by atoms with Crippen LogP contribution in [0.15, 0.2) is 75.8 Å². The first-order chi connectivity index (χ1) is 24.1. The molecule has 5 aromatic rings. The van der Waals surface area contributed by atoms with Gasteiger partial charge in [-0.05, 0) is 81.3 Å². The van der Waals surface area contributed by atoms with Crippen molar-refractivity contribution in [2.75, 3.05) is 26.2 Å². The van der Waals surface area contributed by atoms with E-state index in [0.29, 0.717) is 43.1 Å². The number of aryl methyl sites for hydroxylation is 1. The van der Waals surface area contributed by atoms with E-state index in [4.69, 9.17) is 0 Å².